The highest BCUT2D eigenvalue weighted by Gasteiger charge is 2.29. The SMILES string of the molecule is CCNC(=NCC(O)(CC)CC)N1CCSC(C)(C)C1.I. The van der Waals surface area contributed by atoms with Crippen LogP contribution < -0.4 is 5.32 Å². The molecule has 0 atom stereocenters. The molecule has 0 saturated carbocycles. The lowest BCUT2D eigenvalue weighted by molar-refractivity contribution is 0.0415. The molecule has 1 saturated heterocycles. The van der Waals surface area contributed by atoms with Crippen LogP contribution in [0.4, 0.5) is 0 Å². The van der Waals surface area contributed by atoms with Crippen molar-refractivity contribution < 1.29 is 5.11 Å². The summed E-state index contributed by atoms with van der Waals surface area (Å²) in [7, 11) is 0. The van der Waals surface area contributed by atoms with Crippen LogP contribution in [0, 0.1) is 0 Å². The van der Waals surface area contributed by atoms with Gasteiger partial charge in [-0.25, -0.2) is 0 Å². The van der Waals surface area contributed by atoms with Crippen LogP contribution in [0.3, 0.4) is 0 Å². The Labute approximate surface area is 151 Å². The van der Waals surface area contributed by atoms with Crippen molar-refractivity contribution in [1.29, 1.82) is 0 Å². The summed E-state index contributed by atoms with van der Waals surface area (Å²) in [5, 5.41) is 13.8. The molecular formula is C15H32IN3OS. The first-order chi connectivity index (χ1) is 9.36. The van der Waals surface area contributed by atoms with Crippen LogP contribution in [0.2, 0.25) is 0 Å². The minimum Gasteiger partial charge on any atom is -0.388 e. The van der Waals surface area contributed by atoms with Crippen molar-refractivity contribution in [1.82, 2.24) is 10.2 Å². The Bertz CT molecular complexity index is 333. The van der Waals surface area contributed by atoms with Gasteiger partial charge in [0.2, 0.25) is 0 Å². The fourth-order valence-electron chi connectivity index (χ4n) is 2.32. The second-order valence-electron chi connectivity index (χ2n) is 6.13. The van der Waals surface area contributed by atoms with E-state index in [1.165, 1.54) is 0 Å². The van der Waals surface area contributed by atoms with Crippen molar-refractivity contribution >= 4 is 41.7 Å². The molecule has 0 aromatic rings. The van der Waals surface area contributed by atoms with E-state index in [0.717, 1.165) is 44.2 Å². The zero-order valence-electron chi connectivity index (χ0n) is 14.1. The van der Waals surface area contributed by atoms with Crippen molar-refractivity contribution in [3.05, 3.63) is 0 Å². The van der Waals surface area contributed by atoms with Gasteiger partial charge in [-0.1, -0.05) is 13.8 Å². The smallest absolute Gasteiger partial charge is 0.194 e. The number of nitrogens with one attached hydrogen (secondary N) is 1. The Kier molecular flexibility index (Phi) is 9.59. The van der Waals surface area contributed by atoms with Crippen LogP contribution in [0.1, 0.15) is 47.5 Å². The number of halogens is 1. The van der Waals surface area contributed by atoms with Crippen molar-refractivity contribution in [3.63, 3.8) is 0 Å². The lowest BCUT2D eigenvalue weighted by atomic mass is 9.98. The Balaban J connectivity index is 0.00000400. The maximum absolute atomic E-state index is 10.4. The van der Waals surface area contributed by atoms with Gasteiger partial charge in [-0.2, -0.15) is 11.8 Å². The number of hydrogen-bond donors (Lipinski definition) is 2. The molecule has 1 aliphatic rings. The molecule has 0 unspecified atom stereocenters. The summed E-state index contributed by atoms with van der Waals surface area (Å²) < 4.78 is 0.264. The van der Waals surface area contributed by atoms with Gasteiger partial charge in [0.15, 0.2) is 5.96 Å². The summed E-state index contributed by atoms with van der Waals surface area (Å²) in [4.78, 5) is 7.01. The van der Waals surface area contributed by atoms with Gasteiger partial charge in [0.05, 0.1) is 12.1 Å². The maximum atomic E-state index is 10.4. The van der Waals surface area contributed by atoms with Gasteiger partial charge >= 0.3 is 0 Å². The second kappa shape index (κ2) is 9.45. The molecule has 2 N–H and O–H groups in total. The van der Waals surface area contributed by atoms with Gasteiger partial charge in [-0.3, -0.25) is 4.99 Å². The highest BCUT2D eigenvalue weighted by molar-refractivity contribution is 14.0. The van der Waals surface area contributed by atoms with Gasteiger partial charge < -0.3 is 15.3 Å². The zero-order chi connectivity index (χ0) is 15.2. The Morgan fingerprint density at radius 2 is 1.95 bits per heavy atom. The molecule has 21 heavy (non-hydrogen) atoms. The van der Waals surface area contributed by atoms with E-state index in [4.69, 9.17) is 0 Å². The molecule has 126 valence electrons. The zero-order valence-corrected chi connectivity index (χ0v) is 17.3. The molecule has 0 aliphatic carbocycles. The number of thioether (sulfide) groups is 1. The largest absolute Gasteiger partial charge is 0.388 e. The van der Waals surface area contributed by atoms with E-state index in [1.807, 2.05) is 25.6 Å². The highest BCUT2D eigenvalue weighted by Crippen LogP contribution is 2.29. The van der Waals surface area contributed by atoms with Crippen molar-refractivity contribution in [3.8, 4) is 0 Å². The molecular weight excluding hydrogens is 397 g/mol. The summed E-state index contributed by atoms with van der Waals surface area (Å²) in [6.45, 7) is 14.1. The number of aliphatic hydroxyl groups is 1. The summed E-state index contributed by atoms with van der Waals surface area (Å²) in [5.41, 5.74) is -0.666. The first kappa shape index (κ1) is 21.3. The minimum atomic E-state index is -0.666. The molecule has 0 bridgehead atoms. The molecule has 0 amide bonds. The Morgan fingerprint density at radius 3 is 2.43 bits per heavy atom. The van der Waals surface area contributed by atoms with Crippen LogP contribution in [0.25, 0.3) is 0 Å². The third-order valence-electron chi connectivity index (χ3n) is 3.90. The number of guanidine groups is 1. The average molecular weight is 429 g/mol. The van der Waals surface area contributed by atoms with Crippen LogP contribution in [-0.2, 0) is 0 Å². The van der Waals surface area contributed by atoms with E-state index in [2.05, 4.69) is 36.0 Å². The van der Waals surface area contributed by atoms with Crippen molar-refractivity contribution in [2.24, 2.45) is 4.99 Å². The number of aliphatic imine (C=N–C) groups is 1. The summed E-state index contributed by atoms with van der Waals surface area (Å²) in [6.07, 6.45) is 1.49. The maximum Gasteiger partial charge on any atom is 0.194 e. The van der Waals surface area contributed by atoms with Gasteiger partial charge in [-0.05, 0) is 33.6 Å². The van der Waals surface area contributed by atoms with Crippen LogP contribution in [0.5, 0.6) is 0 Å². The predicted molar refractivity (Wildman–Crippen MR) is 105 cm³/mol. The topological polar surface area (TPSA) is 47.9 Å². The molecule has 4 nitrogen and oxygen atoms in total. The third-order valence-corrected chi connectivity index (χ3v) is 5.20. The molecule has 0 spiro atoms. The van der Waals surface area contributed by atoms with E-state index < -0.39 is 5.60 Å². The van der Waals surface area contributed by atoms with Gasteiger partial charge in [-0.15, -0.1) is 24.0 Å². The highest BCUT2D eigenvalue weighted by atomic mass is 127. The van der Waals surface area contributed by atoms with Crippen molar-refractivity contribution in [2.45, 2.75) is 57.8 Å². The first-order valence-electron chi connectivity index (χ1n) is 7.75. The second-order valence-corrected chi connectivity index (χ2v) is 7.93. The molecule has 0 aromatic carbocycles. The van der Waals surface area contributed by atoms with E-state index in [0.29, 0.717) is 6.54 Å². The molecule has 0 radical (unpaired) electrons. The van der Waals surface area contributed by atoms with E-state index >= 15 is 0 Å². The fraction of sp³-hybridized carbons (Fsp3) is 0.933. The predicted octanol–water partition coefficient (Wildman–Crippen LogP) is 2.95. The molecule has 1 rings (SSSR count). The number of nitrogens with zero attached hydrogens (tertiary/aromatic N) is 2. The number of hydrogen-bond acceptors (Lipinski definition) is 3. The molecule has 6 heteroatoms. The Hall–Kier alpha value is 0.310. The summed E-state index contributed by atoms with van der Waals surface area (Å²) in [6, 6.07) is 0. The van der Waals surface area contributed by atoms with Gasteiger partial charge in [0, 0.05) is 30.1 Å². The van der Waals surface area contributed by atoms with Gasteiger partial charge in [0.1, 0.15) is 0 Å². The molecule has 1 fully saturated rings. The van der Waals surface area contributed by atoms with E-state index in [1.54, 1.807) is 0 Å². The minimum absolute atomic E-state index is 0. The lowest BCUT2D eigenvalue weighted by Gasteiger charge is -2.39. The standard InChI is InChI=1S/C15H31N3OS.HI/c1-6-15(19,7-2)11-17-13(16-8-3)18-9-10-20-14(4,5)12-18;/h19H,6-12H2,1-5H3,(H,16,17);1H. The Morgan fingerprint density at radius 1 is 1.33 bits per heavy atom. The summed E-state index contributed by atoms with van der Waals surface area (Å²) >= 11 is 2.02. The normalized spacial score (nSPS) is 19.1. The van der Waals surface area contributed by atoms with Crippen LogP contribution >= 0.6 is 35.7 Å². The lowest BCUT2D eigenvalue weighted by Crippen LogP contribution is -2.51. The summed E-state index contributed by atoms with van der Waals surface area (Å²) in [5.74, 6) is 2.07. The van der Waals surface area contributed by atoms with E-state index in [-0.39, 0.29) is 28.7 Å². The quantitative estimate of drug-likeness (QED) is 0.401. The van der Waals surface area contributed by atoms with Crippen LogP contribution in [0.15, 0.2) is 4.99 Å². The third kappa shape index (κ3) is 6.95. The first-order valence-corrected chi connectivity index (χ1v) is 8.74. The molecule has 1 aliphatic heterocycles. The average Bonchev–Trinajstić information content (AvgIpc) is 2.42. The fourth-order valence-corrected chi connectivity index (χ4v) is 3.43. The van der Waals surface area contributed by atoms with Gasteiger partial charge in [0.25, 0.3) is 0 Å². The van der Waals surface area contributed by atoms with Crippen LogP contribution in [-0.4, -0.2) is 58.2 Å². The van der Waals surface area contributed by atoms with Crippen molar-refractivity contribution in [2.75, 3.05) is 31.9 Å². The molecule has 0 aromatic heterocycles. The monoisotopic (exact) mass is 429 g/mol. The van der Waals surface area contributed by atoms with E-state index in [9.17, 15) is 5.11 Å². The molecule has 1 heterocycles. The number of rotatable bonds is 5.